The van der Waals surface area contributed by atoms with Gasteiger partial charge in [0.25, 0.3) is 0 Å². The van der Waals surface area contributed by atoms with Gasteiger partial charge in [-0.15, -0.1) is 0 Å². The van der Waals surface area contributed by atoms with Crippen LogP contribution < -0.4 is 5.32 Å². The number of hydrogen-bond donors (Lipinski definition) is 2. The van der Waals surface area contributed by atoms with Crippen molar-refractivity contribution in [3.63, 3.8) is 0 Å². The second-order valence-corrected chi connectivity index (χ2v) is 6.67. The van der Waals surface area contributed by atoms with Gasteiger partial charge in [0.15, 0.2) is 0 Å². The zero-order valence-corrected chi connectivity index (χ0v) is 14.3. The highest BCUT2D eigenvalue weighted by molar-refractivity contribution is 5.79. The van der Waals surface area contributed by atoms with E-state index in [1.54, 1.807) is 0 Å². The monoisotopic (exact) mass is 298 g/mol. The van der Waals surface area contributed by atoms with Gasteiger partial charge in [-0.05, 0) is 51.1 Å². The summed E-state index contributed by atoms with van der Waals surface area (Å²) < 4.78 is 0. The molecule has 0 aliphatic heterocycles. The molecule has 4 heteroatoms. The average molecular weight is 298 g/mol. The summed E-state index contributed by atoms with van der Waals surface area (Å²) in [6, 6.07) is 0.401. The van der Waals surface area contributed by atoms with Crippen molar-refractivity contribution in [2.75, 3.05) is 19.6 Å². The van der Waals surface area contributed by atoms with Crippen molar-refractivity contribution >= 4 is 5.97 Å². The molecule has 1 fully saturated rings. The van der Waals surface area contributed by atoms with E-state index >= 15 is 0 Å². The predicted molar refractivity (Wildman–Crippen MR) is 87.6 cm³/mol. The van der Waals surface area contributed by atoms with E-state index in [9.17, 15) is 9.90 Å². The van der Waals surface area contributed by atoms with Gasteiger partial charge in [0, 0.05) is 12.6 Å². The summed E-state index contributed by atoms with van der Waals surface area (Å²) in [5.74, 6) is 0.00921. The fourth-order valence-electron chi connectivity index (χ4n) is 3.42. The third-order valence-corrected chi connectivity index (χ3v) is 5.01. The normalized spacial score (nSPS) is 27.8. The van der Waals surface area contributed by atoms with Crippen LogP contribution in [0.2, 0.25) is 0 Å². The number of carbonyl (C=O) groups is 1. The fourth-order valence-corrected chi connectivity index (χ4v) is 3.42. The summed E-state index contributed by atoms with van der Waals surface area (Å²) in [7, 11) is 0. The Hall–Kier alpha value is -0.610. The molecular formula is C17H34N2O2. The highest BCUT2D eigenvalue weighted by atomic mass is 16.4. The number of rotatable bonds is 9. The van der Waals surface area contributed by atoms with E-state index in [1.807, 2.05) is 0 Å². The second-order valence-electron chi connectivity index (χ2n) is 6.67. The minimum absolute atomic E-state index is 0.401. The van der Waals surface area contributed by atoms with Crippen molar-refractivity contribution in [3.05, 3.63) is 0 Å². The van der Waals surface area contributed by atoms with Gasteiger partial charge in [-0.2, -0.15) is 0 Å². The summed E-state index contributed by atoms with van der Waals surface area (Å²) >= 11 is 0. The highest BCUT2D eigenvalue weighted by Crippen LogP contribution is 2.32. The van der Waals surface area contributed by atoms with Gasteiger partial charge in [-0.25, -0.2) is 0 Å². The smallest absolute Gasteiger partial charge is 0.323 e. The predicted octanol–water partition coefficient (Wildman–Crippen LogP) is 3.12. The lowest BCUT2D eigenvalue weighted by atomic mass is 9.78. The molecule has 4 nitrogen and oxygen atoms in total. The number of nitrogens with one attached hydrogen (secondary N) is 1. The van der Waals surface area contributed by atoms with Crippen molar-refractivity contribution < 1.29 is 9.90 Å². The first-order chi connectivity index (χ1) is 9.99. The maximum atomic E-state index is 11.8. The van der Waals surface area contributed by atoms with Crippen molar-refractivity contribution in [1.82, 2.24) is 10.2 Å². The van der Waals surface area contributed by atoms with Crippen molar-refractivity contribution in [2.45, 2.75) is 77.8 Å². The zero-order chi connectivity index (χ0) is 15.9. The third-order valence-electron chi connectivity index (χ3n) is 5.01. The quantitative estimate of drug-likeness (QED) is 0.687. The summed E-state index contributed by atoms with van der Waals surface area (Å²) in [5, 5.41) is 13.1. The minimum atomic E-state index is -0.707. The molecule has 0 radical (unpaired) electrons. The molecule has 0 spiro atoms. The van der Waals surface area contributed by atoms with E-state index in [0.29, 0.717) is 12.0 Å². The Morgan fingerprint density at radius 2 is 2.14 bits per heavy atom. The van der Waals surface area contributed by atoms with Crippen LogP contribution in [0, 0.1) is 5.92 Å². The number of hydrogen-bond acceptors (Lipinski definition) is 3. The van der Waals surface area contributed by atoms with Crippen LogP contribution >= 0.6 is 0 Å². The summed E-state index contributed by atoms with van der Waals surface area (Å²) in [6.07, 6.45) is 5.80. The fraction of sp³-hybridized carbons (Fsp3) is 0.941. The average Bonchev–Trinajstić information content (AvgIpc) is 2.50. The Bertz CT molecular complexity index is 322. The molecule has 0 aromatic heterocycles. The molecule has 0 bridgehead atoms. The lowest BCUT2D eigenvalue weighted by molar-refractivity contribution is -0.147. The molecule has 1 rings (SSSR count). The Morgan fingerprint density at radius 3 is 2.67 bits per heavy atom. The minimum Gasteiger partial charge on any atom is -0.480 e. The van der Waals surface area contributed by atoms with Gasteiger partial charge in [0.05, 0.1) is 0 Å². The first kappa shape index (κ1) is 18.4. The lowest BCUT2D eigenvalue weighted by Gasteiger charge is -2.43. The molecule has 1 aliphatic carbocycles. The molecular weight excluding hydrogens is 264 g/mol. The van der Waals surface area contributed by atoms with Gasteiger partial charge in [0.2, 0.25) is 0 Å². The first-order valence-corrected chi connectivity index (χ1v) is 8.71. The van der Waals surface area contributed by atoms with Gasteiger partial charge >= 0.3 is 5.97 Å². The van der Waals surface area contributed by atoms with Gasteiger partial charge in [-0.3, -0.25) is 4.79 Å². The molecule has 21 heavy (non-hydrogen) atoms. The van der Waals surface area contributed by atoms with Crippen molar-refractivity contribution in [3.8, 4) is 0 Å². The zero-order valence-electron chi connectivity index (χ0n) is 14.3. The Labute approximate surface area is 130 Å². The molecule has 3 unspecified atom stereocenters. The number of carboxylic acid groups (broad SMARTS) is 1. The third kappa shape index (κ3) is 4.96. The Morgan fingerprint density at radius 1 is 1.43 bits per heavy atom. The SMILES string of the molecule is CCCNC1(C(=O)O)CCCC(N(CC)CC(C)CC)C1. The summed E-state index contributed by atoms with van der Waals surface area (Å²) in [4.78, 5) is 14.3. The van der Waals surface area contributed by atoms with Crippen LogP contribution in [-0.2, 0) is 4.79 Å². The van der Waals surface area contributed by atoms with E-state index in [2.05, 4.69) is 37.9 Å². The Balaban J connectivity index is 2.77. The van der Waals surface area contributed by atoms with Crippen LogP contribution in [0.4, 0.5) is 0 Å². The first-order valence-electron chi connectivity index (χ1n) is 8.71. The van der Waals surface area contributed by atoms with Crippen molar-refractivity contribution in [2.24, 2.45) is 5.92 Å². The number of aliphatic carboxylic acids is 1. The van der Waals surface area contributed by atoms with Gasteiger partial charge in [-0.1, -0.05) is 34.1 Å². The van der Waals surface area contributed by atoms with Crippen LogP contribution in [0.15, 0.2) is 0 Å². The molecule has 3 atom stereocenters. The van der Waals surface area contributed by atoms with Crippen LogP contribution in [0.5, 0.6) is 0 Å². The number of nitrogens with zero attached hydrogens (tertiary/aromatic N) is 1. The van der Waals surface area contributed by atoms with Crippen molar-refractivity contribution in [1.29, 1.82) is 0 Å². The van der Waals surface area contributed by atoms with Crippen LogP contribution in [0.25, 0.3) is 0 Å². The summed E-state index contributed by atoms with van der Waals surface area (Å²) in [5.41, 5.74) is -0.707. The van der Waals surface area contributed by atoms with E-state index in [1.165, 1.54) is 6.42 Å². The number of carboxylic acids is 1. The Kier molecular flexibility index (Phi) is 7.67. The molecule has 0 aromatic rings. The molecule has 0 heterocycles. The second kappa shape index (κ2) is 8.74. The molecule has 1 aliphatic rings. The maximum absolute atomic E-state index is 11.8. The maximum Gasteiger partial charge on any atom is 0.323 e. The largest absolute Gasteiger partial charge is 0.480 e. The molecule has 0 saturated heterocycles. The van der Waals surface area contributed by atoms with Crippen LogP contribution in [0.3, 0.4) is 0 Å². The molecule has 0 amide bonds. The molecule has 0 aromatic carbocycles. The van der Waals surface area contributed by atoms with E-state index in [-0.39, 0.29) is 0 Å². The summed E-state index contributed by atoms with van der Waals surface area (Å²) in [6.45, 7) is 11.7. The van der Waals surface area contributed by atoms with E-state index in [0.717, 1.165) is 51.7 Å². The van der Waals surface area contributed by atoms with E-state index < -0.39 is 11.5 Å². The molecule has 1 saturated carbocycles. The topological polar surface area (TPSA) is 52.6 Å². The molecule has 2 N–H and O–H groups in total. The highest BCUT2D eigenvalue weighted by Gasteiger charge is 2.43. The standard InChI is InChI=1S/C17H34N2O2/c1-5-11-18-17(16(20)21)10-8-9-15(12-17)19(7-3)13-14(4)6-2/h14-15,18H,5-13H2,1-4H3,(H,20,21). The lowest BCUT2D eigenvalue weighted by Crippen LogP contribution is -2.58. The van der Waals surface area contributed by atoms with Gasteiger partial charge in [0.1, 0.15) is 5.54 Å². The van der Waals surface area contributed by atoms with Gasteiger partial charge < -0.3 is 15.3 Å². The van der Waals surface area contributed by atoms with Crippen LogP contribution in [-0.4, -0.2) is 47.2 Å². The molecule has 124 valence electrons. The van der Waals surface area contributed by atoms with Crippen LogP contribution in [0.1, 0.15) is 66.2 Å². The van der Waals surface area contributed by atoms with E-state index in [4.69, 9.17) is 0 Å².